The van der Waals surface area contributed by atoms with E-state index in [2.05, 4.69) is 83.4 Å². The number of imidazole rings is 1. The Hall–Kier alpha value is -3.24. The third-order valence-electron chi connectivity index (χ3n) is 8.47. The number of hydrogen-bond acceptors (Lipinski definition) is 8. The molecule has 2 aliphatic heterocycles. The minimum atomic E-state index is 0.206. The van der Waals surface area contributed by atoms with Gasteiger partial charge in [0.25, 0.3) is 5.78 Å². The molecule has 0 N–H and O–H groups in total. The Morgan fingerprint density at radius 2 is 1.87 bits per heavy atom. The van der Waals surface area contributed by atoms with Crippen LogP contribution < -0.4 is 9.64 Å². The van der Waals surface area contributed by atoms with Crippen LogP contribution >= 0.6 is 0 Å². The minimum Gasteiger partial charge on any atom is -0.497 e. The van der Waals surface area contributed by atoms with Crippen LogP contribution in [0.25, 0.3) is 16.9 Å². The smallest absolute Gasteiger partial charge is 0.258 e. The van der Waals surface area contributed by atoms with Gasteiger partial charge in [0.05, 0.1) is 19.8 Å². The first kappa shape index (κ1) is 26.0. The van der Waals surface area contributed by atoms with Crippen molar-refractivity contribution in [3.8, 4) is 5.75 Å². The second kappa shape index (κ2) is 10.4. The highest BCUT2D eigenvalue weighted by atomic mass is 16.5. The largest absolute Gasteiger partial charge is 0.497 e. The first-order chi connectivity index (χ1) is 18.9. The van der Waals surface area contributed by atoms with Crippen molar-refractivity contribution in [3.05, 3.63) is 42.0 Å². The Labute approximate surface area is 229 Å². The number of hydrogen-bond donors (Lipinski definition) is 0. The summed E-state index contributed by atoms with van der Waals surface area (Å²) in [5.74, 6) is 3.81. The third kappa shape index (κ3) is 4.63. The van der Waals surface area contributed by atoms with Crippen LogP contribution in [0.15, 0.2) is 30.6 Å². The molecule has 3 aromatic heterocycles. The van der Waals surface area contributed by atoms with E-state index in [4.69, 9.17) is 19.4 Å². The summed E-state index contributed by atoms with van der Waals surface area (Å²) in [5, 5.41) is 8.55. The highest BCUT2D eigenvalue weighted by Gasteiger charge is 2.37. The number of piperazine rings is 1. The zero-order chi connectivity index (χ0) is 27.3. The average molecular weight is 533 g/mol. The average Bonchev–Trinajstić information content (AvgIpc) is 3.67. The van der Waals surface area contributed by atoms with Gasteiger partial charge in [0.2, 0.25) is 0 Å². The number of methoxy groups -OCH3 is 1. The van der Waals surface area contributed by atoms with E-state index in [1.165, 1.54) is 5.56 Å². The Bertz CT molecular complexity index is 1440. The van der Waals surface area contributed by atoms with E-state index >= 15 is 0 Å². The third-order valence-corrected chi connectivity index (χ3v) is 8.47. The zero-order valence-corrected chi connectivity index (χ0v) is 23.9. The van der Waals surface area contributed by atoms with E-state index in [1.807, 2.05) is 4.40 Å². The minimum absolute atomic E-state index is 0.206. The van der Waals surface area contributed by atoms with Crippen molar-refractivity contribution >= 4 is 22.8 Å². The highest BCUT2D eigenvalue weighted by molar-refractivity contribution is 5.87. The summed E-state index contributed by atoms with van der Waals surface area (Å²) in [4.78, 5) is 15.2. The summed E-state index contributed by atoms with van der Waals surface area (Å²) in [6, 6.07) is 9.43. The molecular weight excluding hydrogens is 492 g/mol. The van der Waals surface area contributed by atoms with Crippen LogP contribution in [0, 0.1) is 12.8 Å². The van der Waals surface area contributed by atoms with Gasteiger partial charge in [-0.1, -0.05) is 26.0 Å². The maximum absolute atomic E-state index is 5.98. The van der Waals surface area contributed by atoms with Crippen molar-refractivity contribution in [2.75, 3.05) is 31.7 Å². The molecule has 4 atom stereocenters. The summed E-state index contributed by atoms with van der Waals surface area (Å²) in [5.41, 5.74) is 3.22. The molecule has 0 bridgehead atoms. The van der Waals surface area contributed by atoms with Gasteiger partial charge in [0.15, 0.2) is 11.5 Å². The van der Waals surface area contributed by atoms with Crippen molar-refractivity contribution in [2.45, 2.75) is 78.2 Å². The van der Waals surface area contributed by atoms with Crippen molar-refractivity contribution in [1.82, 2.24) is 34.0 Å². The van der Waals surface area contributed by atoms with E-state index in [1.54, 1.807) is 13.4 Å². The van der Waals surface area contributed by atoms with Crippen molar-refractivity contribution < 1.29 is 9.47 Å². The van der Waals surface area contributed by atoms with E-state index < -0.39 is 0 Å². The predicted molar refractivity (Wildman–Crippen MR) is 151 cm³/mol. The molecule has 0 saturated carbocycles. The Balaban J connectivity index is 1.35. The molecule has 5 heterocycles. The Morgan fingerprint density at radius 3 is 2.56 bits per heavy atom. The van der Waals surface area contributed by atoms with Crippen LogP contribution in [-0.2, 0) is 11.3 Å². The van der Waals surface area contributed by atoms with Gasteiger partial charge in [-0.05, 0) is 57.2 Å². The summed E-state index contributed by atoms with van der Waals surface area (Å²) < 4.78 is 15.6. The van der Waals surface area contributed by atoms with Gasteiger partial charge < -0.3 is 18.9 Å². The monoisotopic (exact) mass is 532 g/mol. The van der Waals surface area contributed by atoms with Crippen LogP contribution in [-0.4, -0.2) is 79.0 Å². The molecule has 1 aromatic carbocycles. The number of anilines is 1. The van der Waals surface area contributed by atoms with Crippen molar-refractivity contribution in [3.63, 3.8) is 0 Å². The molecule has 10 heteroatoms. The topological polar surface area (TPSA) is 85.8 Å². The van der Waals surface area contributed by atoms with E-state index in [-0.39, 0.29) is 12.1 Å². The standard InChI is InChI=1S/C29H40N8O2/c1-18(2)26(22-9-11-23(38-6)12-10-22)34-14-20(4)35(15-19(34)3)27-25-28(37-17-30-33-29(37)32-27)36(21(5)31-25)16-24-8-7-13-39-24/h9-12,17-20,24,26H,7-8,13-16H2,1-6H3/t19-,20+,24?,26+/m1/s1. The molecule has 208 valence electrons. The molecule has 2 saturated heterocycles. The quantitative estimate of drug-likeness (QED) is 0.349. The number of nitrogens with zero attached hydrogens (tertiary/aromatic N) is 8. The molecule has 10 nitrogen and oxygen atoms in total. The van der Waals surface area contributed by atoms with Gasteiger partial charge in [-0.25, -0.2) is 9.38 Å². The lowest BCUT2D eigenvalue weighted by Gasteiger charge is -2.49. The predicted octanol–water partition coefficient (Wildman–Crippen LogP) is 4.27. The van der Waals surface area contributed by atoms with Crippen LogP contribution in [0.5, 0.6) is 5.75 Å². The molecule has 0 aliphatic carbocycles. The second-order valence-electron chi connectivity index (χ2n) is 11.5. The van der Waals surface area contributed by atoms with Gasteiger partial charge in [-0.3, -0.25) is 4.90 Å². The van der Waals surface area contributed by atoms with Crippen LogP contribution in [0.1, 0.15) is 58.0 Å². The fraction of sp³-hybridized carbons (Fsp3) is 0.586. The van der Waals surface area contributed by atoms with Gasteiger partial charge in [0.1, 0.15) is 23.4 Å². The number of aryl methyl sites for hydroxylation is 1. The van der Waals surface area contributed by atoms with Gasteiger partial charge in [-0.15, -0.1) is 10.2 Å². The molecule has 0 amide bonds. The fourth-order valence-corrected chi connectivity index (χ4v) is 6.56. The van der Waals surface area contributed by atoms with Crippen LogP contribution in [0.4, 0.5) is 5.82 Å². The molecule has 6 rings (SSSR count). The maximum atomic E-state index is 5.98. The van der Waals surface area contributed by atoms with Gasteiger partial charge in [0, 0.05) is 37.8 Å². The summed E-state index contributed by atoms with van der Waals surface area (Å²) in [6.07, 6.45) is 4.13. The van der Waals surface area contributed by atoms with Crippen molar-refractivity contribution in [2.24, 2.45) is 5.92 Å². The first-order valence-electron chi connectivity index (χ1n) is 14.2. The van der Waals surface area contributed by atoms with Gasteiger partial charge >= 0.3 is 0 Å². The van der Waals surface area contributed by atoms with E-state index in [0.29, 0.717) is 23.8 Å². The zero-order valence-electron chi connectivity index (χ0n) is 23.9. The number of fused-ring (bicyclic) bond motifs is 3. The molecule has 2 aliphatic rings. The summed E-state index contributed by atoms with van der Waals surface area (Å²) >= 11 is 0. The van der Waals surface area contributed by atoms with Crippen molar-refractivity contribution in [1.29, 1.82) is 0 Å². The number of benzene rings is 1. The summed E-state index contributed by atoms with van der Waals surface area (Å²) in [7, 11) is 1.72. The lowest BCUT2D eigenvalue weighted by molar-refractivity contribution is 0.0821. The fourth-order valence-electron chi connectivity index (χ4n) is 6.56. The molecule has 39 heavy (non-hydrogen) atoms. The highest BCUT2D eigenvalue weighted by Crippen LogP contribution is 2.36. The van der Waals surface area contributed by atoms with E-state index in [0.717, 1.165) is 67.6 Å². The molecule has 2 fully saturated rings. The van der Waals surface area contributed by atoms with Gasteiger partial charge in [-0.2, -0.15) is 4.98 Å². The second-order valence-corrected chi connectivity index (χ2v) is 11.5. The van der Waals surface area contributed by atoms with E-state index in [9.17, 15) is 0 Å². The molecule has 0 spiro atoms. The first-order valence-corrected chi connectivity index (χ1v) is 14.2. The van der Waals surface area contributed by atoms with Crippen LogP contribution in [0.2, 0.25) is 0 Å². The number of rotatable bonds is 7. The number of ether oxygens (including phenoxy) is 2. The lowest BCUT2D eigenvalue weighted by Crippen LogP contribution is -2.58. The SMILES string of the molecule is COc1ccc([C@H](C(C)C)N2C[C@H](C)N(c3nc4nncn4c4c3nc(C)n4CC3CCCO3)C[C@H]2C)cc1. The maximum Gasteiger partial charge on any atom is 0.258 e. The molecular formula is C29H40N8O2. The molecule has 1 unspecified atom stereocenters. The Morgan fingerprint density at radius 1 is 1.08 bits per heavy atom. The normalized spacial score (nSPS) is 23.4. The van der Waals surface area contributed by atoms with Crippen LogP contribution in [0.3, 0.4) is 0 Å². The lowest BCUT2D eigenvalue weighted by atomic mass is 9.91. The Kier molecular flexibility index (Phi) is 6.93. The number of aromatic nitrogens is 6. The molecule has 0 radical (unpaired) electrons. The summed E-state index contributed by atoms with van der Waals surface area (Å²) in [6.45, 7) is 14.7. The molecule has 4 aromatic rings.